The Morgan fingerprint density at radius 1 is 0.440 bits per heavy atom. The highest BCUT2D eigenvalue weighted by atomic mass is 28.4. The molecule has 0 aromatic carbocycles. The van der Waals surface area contributed by atoms with Gasteiger partial charge in [0.05, 0.1) is 38.6 Å². The van der Waals surface area contributed by atoms with E-state index in [4.69, 9.17) is 51.1 Å². The minimum Gasteiger partial charge on any atom is -0.456 e. The van der Waals surface area contributed by atoms with Gasteiger partial charge in [-0.2, -0.15) is 0 Å². The maximum Gasteiger partial charge on any atom is 0.321 e. The summed E-state index contributed by atoms with van der Waals surface area (Å²) in [6.45, 7) is 44.7. The summed E-state index contributed by atoms with van der Waals surface area (Å²) in [4.78, 5) is 0. The van der Waals surface area contributed by atoms with Crippen molar-refractivity contribution in [1.82, 2.24) is 0 Å². The molecule has 0 aliphatic carbocycles. The molecule has 0 saturated heterocycles. The van der Waals surface area contributed by atoms with E-state index in [0.717, 1.165) is 77.0 Å². The van der Waals surface area contributed by atoms with Gasteiger partial charge in [0, 0.05) is 34.5 Å². The Morgan fingerprint density at radius 2 is 0.800 bits per heavy atom. The van der Waals surface area contributed by atoms with E-state index in [1.54, 1.807) is 0 Å². The lowest BCUT2D eigenvalue weighted by atomic mass is 10.1. The van der Waals surface area contributed by atoms with E-state index in [2.05, 4.69) is 85.9 Å². The Labute approximate surface area is 476 Å². The fraction of sp³-hybridized carbons (Fsp3) is 1.00. The van der Waals surface area contributed by atoms with Crippen LogP contribution in [0.5, 0.6) is 0 Å². The van der Waals surface area contributed by atoms with E-state index in [1.165, 1.54) is 115 Å². The molecule has 0 aliphatic rings. The van der Waals surface area contributed by atoms with Gasteiger partial charge in [-0.25, -0.2) is 0 Å². The summed E-state index contributed by atoms with van der Waals surface area (Å²) < 4.78 is 45.1. The van der Waals surface area contributed by atoms with Gasteiger partial charge in [-0.1, -0.05) is 125 Å². The van der Waals surface area contributed by atoms with Crippen molar-refractivity contribution in [1.29, 1.82) is 0 Å². The van der Waals surface area contributed by atoms with Gasteiger partial charge in [0.2, 0.25) is 0 Å². The molecule has 0 heterocycles. The Morgan fingerprint density at radius 3 is 1.17 bits per heavy atom. The summed E-state index contributed by atoms with van der Waals surface area (Å²) in [7, 11) is -11.4. The van der Waals surface area contributed by atoms with Gasteiger partial charge in [-0.05, 0) is 154 Å². The molecule has 6 N–H and O–H groups in total. The van der Waals surface area contributed by atoms with Crippen molar-refractivity contribution >= 4 is 59.9 Å². The summed E-state index contributed by atoms with van der Waals surface area (Å²) in [5, 5.41) is 50.9. The van der Waals surface area contributed by atoms with Gasteiger partial charge >= 0.3 is 8.56 Å². The van der Waals surface area contributed by atoms with Crippen LogP contribution in [-0.2, 0) is 30.7 Å². The summed E-state index contributed by atoms with van der Waals surface area (Å²) in [5.74, 6) is 0. The molecular formula is C55H136O13Si7. The van der Waals surface area contributed by atoms with Crippen molar-refractivity contribution in [2.45, 2.75) is 297 Å². The zero-order chi connectivity index (χ0) is 58.7. The second-order valence-corrected chi connectivity index (χ2v) is 49.5. The number of aliphatic hydroxyl groups excluding tert-OH is 6. The predicted molar refractivity (Wildman–Crippen MR) is 343 cm³/mol. The maximum atomic E-state index is 9.74. The molecule has 0 spiro atoms. The van der Waals surface area contributed by atoms with Crippen LogP contribution < -0.4 is 0 Å². The van der Waals surface area contributed by atoms with Crippen LogP contribution in [0.2, 0.25) is 114 Å². The van der Waals surface area contributed by atoms with Crippen LogP contribution in [0.1, 0.15) is 166 Å². The monoisotopic (exact) mass is 1200 g/mol. The second kappa shape index (κ2) is 54.3. The van der Waals surface area contributed by atoms with Crippen molar-refractivity contribution in [3.8, 4) is 0 Å². The van der Waals surface area contributed by atoms with Crippen molar-refractivity contribution in [3.63, 3.8) is 0 Å². The largest absolute Gasteiger partial charge is 0.456 e. The third-order valence-electron chi connectivity index (χ3n) is 12.6. The van der Waals surface area contributed by atoms with Crippen LogP contribution in [0.25, 0.3) is 0 Å². The van der Waals surface area contributed by atoms with E-state index < -0.39 is 78.2 Å². The first-order valence-corrected chi connectivity index (χ1v) is 50.4. The highest BCUT2D eigenvalue weighted by Gasteiger charge is 2.36. The molecule has 13 nitrogen and oxygen atoms in total. The molecule has 462 valence electrons. The lowest BCUT2D eigenvalue weighted by molar-refractivity contribution is 0.00631. The average Bonchev–Trinajstić information content (AvgIpc) is 3.34. The van der Waals surface area contributed by atoms with Crippen molar-refractivity contribution < 1.29 is 62.7 Å². The predicted octanol–water partition coefficient (Wildman–Crippen LogP) is 13.7. The summed E-state index contributed by atoms with van der Waals surface area (Å²) in [5.41, 5.74) is 0. The topological polar surface area (TPSA) is 186 Å². The first-order valence-electron chi connectivity index (χ1n) is 30.6. The Bertz CT molecular complexity index is 1160. The Hall–Kier alpha value is 0.998. The Kier molecular flexibility index (Phi) is 61.4. The van der Waals surface area contributed by atoms with E-state index in [1.807, 2.05) is 27.7 Å². The minimum atomic E-state index is -1.99. The molecule has 0 aromatic rings. The lowest BCUT2D eigenvalue weighted by Crippen LogP contribution is -2.44. The first kappa shape index (κ1) is 84.8. The van der Waals surface area contributed by atoms with Crippen LogP contribution in [-0.4, -0.2) is 168 Å². The van der Waals surface area contributed by atoms with E-state index in [9.17, 15) is 10.2 Å². The lowest BCUT2D eigenvalue weighted by Gasteiger charge is -2.35. The number of hydrogen-bond acceptors (Lipinski definition) is 13. The van der Waals surface area contributed by atoms with Gasteiger partial charge in [-0.15, -0.1) is 0 Å². The second-order valence-electron chi connectivity index (χ2n) is 23.0. The van der Waals surface area contributed by atoms with Crippen LogP contribution in [0.4, 0.5) is 0 Å². The van der Waals surface area contributed by atoms with Gasteiger partial charge < -0.3 is 61.3 Å². The van der Waals surface area contributed by atoms with Gasteiger partial charge in [-0.3, -0.25) is 0 Å². The number of unbranched alkanes of at least 4 members (excludes halogenated alkanes) is 12. The normalized spacial score (nSPS) is 15.6. The summed E-state index contributed by atoms with van der Waals surface area (Å²) in [6.07, 6.45) is 19.5. The molecule has 0 amide bonds. The smallest absolute Gasteiger partial charge is 0.321 e. The molecule has 0 aliphatic heterocycles. The molecule has 0 bridgehead atoms. The molecule has 0 aromatic heterocycles. The van der Waals surface area contributed by atoms with Crippen LogP contribution in [0, 0.1) is 0 Å². The van der Waals surface area contributed by atoms with Crippen molar-refractivity contribution in [3.05, 3.63) is 0 Å². The molecule has 6 unspecified atom stereocenters. The molecule has 20 heteroatoms. The third-order valence-corrected chi connectivity index (χ3v) is 35.2. The number of rotatable bonds is 47. The van der Waals surface area contributed by atoms with Crippen molar-refractivity contribution in [2.75, 3.05) is 59.5 Å². The maximum absolute atomic E-state index is 9.74. The van der Waals surface area contributed by atoms with Crippen LogP contribution in [0.3, 0.4) is 0 Å². The number of ether oxygens (including phenoxy) is 1. The van der Waals surface area contributed by atoms with Gasteiger partial charge in [0.1, 0.15) is 15.9 Å². The summed E-state index contributed by atoms with van der Waals surface area (Å²) in [6, 6.07) is 8.21. The van der Waals surface area contributed by atoms with Crippen LogP contribution in [0.15, 0.2) is 0 Å². The molecular weight excluding hydrogens is 1070 g/mol. The molecule has 0 rings (SSSR count). The average molecular weight is 1200 g/mol. The SMILES string of the molecule is CC.CC.CC(O)CO.CC(O)CO.CCCCCCCCCCCC[Si](C)(CCCCO[Si](C)(CCCCO[Si](C)(CCCCO[Si](C)(C)O[SiH2]C)CC[Si](C)(C)O[Si](C)(C)C)CCCOCC(O)CO)OCC.[HH]. The number of hydrogen-bond donors (Lipinski definition) is 6. The summed E-state index contributed by atoms with van der Waals surface area (Å²) >= 11 is 0. The van der Waals surface area contributed by atoms with E-state index in [0.29, 0.717) is 6.61 Å². The van der Waals surface area contributed by atoms with Gasteiger partial charge in [0.25, 0.3) is 0 Å². The number of aliphatic hydroxyl groups is 6. The fourth-order valence-corrected chi connectivity index (χ4v) is 32.3. The quantitative estimate of drug-likeness (QED) is 0.0250. The standard InChI is InChI=1S/C45H106O9Si7.2C3H8O2.2C2H6.H2/c1-14-16-17-18-19-20-21-22-23-27-36-59(11,49-15-2)37-29-25-34-51-60(12,40-31-32-48-44-45(47)43-46)38-30-26-35-52-61(13,42-41-57(7,8)54-56(4,5)6)39-28-24-33-50-58(9,10)53-55-3;2*1-3(5)2-4;2*1-2;/h45-47H,14-44,55H2,1-13H3;2*3-5H,2H2,1H3;2*1-2H3;1H. The molecule has 0 saturated carbocycles. The van der Waals surface area contributed by atoms with E-state index >= 15 is 0 Å². The zero-order valence-electron chi connectivity index (χ0n) is 53.3. The van der Waals surface area contributed by atoms with E-state index in [-0.39, 0.29) is 27.9 Å². The van der Waals surface area contributed by atoms with Gasteiger partial charge in [0.15, 0.2) is 41.6 Å². The fourth-order valence-electron chi connectivity index (χ4n) is 8.56. The third kappa shape index (κ3) is 62.4. The van der Waals surface area contributed by atoms with Crippen LogP contribution >= 0.6 is 0 Å². The minimum absolute atomic E-state index is 0. The molecule has 75 heavy (non-hydrogen) atoms. The highest BCUT2D eigenvalue weighted by Crippen LogP contribution is 2.31. The Balaban J connectivity index is -0.000000724. The highest BCUT2D eigenvalue weighted by molar-refractivity contribution is 6.85. The zero-order valence-corrected chi connectivity index (χ0v) is 60.7. The molecule has 0 fully saturated rings. The first-order chi connectivity index (χ1) is 35.2. The molecule has 6 atom stereocenters. The van der Waals surface area contributed by atoms with Crippen molar-refractivity contribution in [2.24, 2.45) is 0 Å². The molecule has 0 radical (unpaired) electrons.